The Morgan fingerprint density at radius 1 is 1.14 bits per heavy atom. The van der Waals surface area contributed by atoms with E-state index in [-0.39, 0.29) is 11.5 Å². The van der Waals surface area contributed by atoms with Gasteiger partial charge in [-0.3, -0.25) is 10.1 Å². The molecule has 186 valence electrons. The fraction of sp³-hybridized carbons (Fsp3) is 0.200. The van der Waals surface area contributed by atoms with Gasteiger partial charge in [0.1, 0.15) is 5.82 Å². The molecule has 0 saturated heterocycles. The van der Waals surface area contributed by atoms with Crippen LogP contribution in [0.25, 0.3) is 22.4 Å². The van der Waals surface area contributed by atoms with E-state index in [0.717, 1.165) is 22.7 Å². The molecule has 0 unspecified atom stereocenters. The van der Waals surface area contributed by atoms with Crippen LogP contribution in [-0.2, 0) is 6.54 Å². The van der Waals surface area contributed by atoms with Crippen LogP contribution in [0.3, 0.4) is 0 Å². The van der Waals surface area contributed by atoms with Gasteiger partial charge in [-0.05, 0) is 50.2 Å². The molecule has 36 heavy (non-hydrogen) atoms. The van der Waals surface area contributed by atoms with Crippen molar-refractivity contribution in [2.75, 3.05) is 23.7 Å². The number of urea groups is 1. The summed E-state index contributed by atoms with van der Waals surface area (Å²) in [7, 11) is 0. The van der Waals surface area contributed by atoms with Crippen molar-refractivity contribution in [1.29, 1.82) is 0 Å². The summed E-state index contributed by atoms with van der Waals surface area (Å²) in [6.07, 6.45) is 2.20. The summed E-state index contributed by atoms with van der Waals surface area (Å²) >= 11 is 1.55. The van der Waals surface area contributed by atoms with Crippen LogP contribution >= 0.6 is 11.3 Å². The van der Waals surface area contributed by atoms with Crippen molar-refractivity contribution in [2.24, 2.45) is 5.73 Å². The number of nitrogens with one attached hydrogen (secondary N) is 4. The summed E-state index contributed by atoms with van der Waals surface area (Å²) in [4.78, 5) is 36.1. The third kappa shape index (κ3) is 6.39. The van der Waals surface area contributed by atoms with Crippen LogP contribution in [0.1, 0.15) is 17.0 Å². The molecule has 2 aromatic carbocycles. The number of carbonyl (C=O) groups excluding carboxylic acids is 1. The lowest BCUT2D eigenvalue weighted by Gasteiger charge is -2.09. The van der Waals surface area contributed by atoms with Gasteiger partial charge in [0, 0.05) is 34.9 Å². The number of hydrogen-bond acceptors (Lipinski definition) is 7. The fourth-order valence-electron chi connectivity index (χ4n) is 3.50. The maximum atomic E-state index is 14.5. The van der Waals surface area contributed by atoms with Crippen molar-refractivity contribution < 1.29 is 9.18 Å². The first kappa shape index (κ1) is 25.2. The minimum atomic E-state index is -0.599. The molecule has 0 atom stereocenters. The summed E-state index contributed by atoms with van der Waals surface area (Å²) in [6, 6.07) is 11.3. The number of rotatable bonds is 9. The van der Waals surface area contributed by atoms with Crippen molar-refractivity contribution >= 4 is 29.0 Å². The molecule has 2 heterocycles. The van der Waals surface area contributed by atoms with Crippen molar-refractivity contribution in [3.63, 3.8) is 0 Å². The van der Waals surface area contributed by atoms with E-state index in [1.54, 1.807) is 35.6 Å². The number of benzene rings is 2. The van der Waals surface area contributed by atoms with Crippen LogP contribution in [0.5, 0.6) is 0 Å². The zero-order valence-corrected chi connectivity index (χ0v) is 20.4. The molecule has 2 aromatic heterocycles. The van der Waals surface area contributed by atoms with Crippen LogP contribution < -0.4 is 27.2 Å². The Hall–Kier alpha value is -3.93. The molecule has 0 saturated carbocycles. The van der Waals surface area contributed by atoms with Crippen molar-refractivity contribution in [1.82, 2.24) is 20.3 Å². The number of anilines is 2. The van der Waals surface area contributed by atoms with Gasteiger partial charge < -0.3 is 21.4 Å². The van der Waals surface area contributed by atoms with Crippen LogP contribution in [0, 0.1) is 12.7 Å². The van der Waals surface area contributed by atoms with E-state index in [1.165, 1.54) is 12.3 Å². The Morgan fingerprint density at radius 2 is 2.00 bits per heavy atom. The lowest BCUT2D eigenvalue weighted by atomic mass is 10.1. The summed E-state index contributed by atoms with van der Waals surface area (Å²) in [6.45, 7) is 3.56. The molecule has 11 heteroatoms. The maximum Gasteiger partial charge on any atom is 0.326 e. The molecule has 0 fully saturated rings. The maximum absolute atomic E-state index is 14.5. The highest BCUT2D eigenvalue weighted by atomic mass is 32.1. The fourth-order valence-corrected chi connectivity index (χ4v) is 4.12. The number of carbonyl (C=O) groups is 1. The second kappa shape index (κ2) is 11.7. The number of nitrogens with two attached hydrogens (primary N) is 1. The second-order valence-corrected chi connectivity index (χ2v) is 9.07. The topological polar surface area (TPSA) is 138 Å². The average molecular weight is 508 g/mol. The van der Waals surface area contributed by atoms with Crippen LogP contribution in [0.4, 0.5) is 20.8 Å². The number of aryl methyl sites for hydroxylation is 1. The molecule has 0 radical (unpaired) electrons. The lowest BCUT2D eigenvalue weighted by Crippen LogP contribution is -2.23. The molecule has 4 rings (SSSR count). The average Bonchev–Trinajstić information content (AvgIpc) is 3.29. The quantitative estimate of drug-likeness (QED) is 0.216. The molecule has 0 aliphatic carbocycles. The standard InChI is InChI=1S/C25H26FN7O2S/c1-15-30-22(14-36-15)17-4-2-5-19(10-17)31-25(35)33-24-29-13-20(23(34)32-24)16-6-7-18(21(26)11-16)12-28-9-3-8-27/h2,4-7,10-11,13-14,28H,3,8-9,12,27H2,1H3,(H3,29,31,32,33,34,35). The third-order valence-corrected chi connectivity index (χ3v) is 6.07. The zero-order valence-electron chi connectivity index (χ0n) is 19.6. The van der Waals surface area contributed by atoms with Gasteiger partial charge in [-0.25, -0.2) is 14.2 Å². The predicted octanol–water partition coefficient (Wildman–Crippen LogP) is 4.09. The monoisotopic (exact) mass is 507 g/mol. The van der Waals surface area contributed by atoms with Gasteiger partial charge in [-0.2, -0.15) is 4.98 Å². The molecule has 4 aromatic rings. The zero-order chi connectivity index (χ0) is 25.5. The Morgan fingerprint density at radius 3 is 2.72 bits per heavy atom. The SMILES string of the molecule is Cc1nc(-c2cccc(NC(=O)Nc3nc(=O)c(-c4ccc(CNCCCN)c(F)c4)c[nH]3)c2)cs1. The number of H-pyrrole nitrogens is 1. The van der Waals surface area contributed by atoms with E-state index in [4.69, 9.17) is 5.73 Å². The minimum Gasteiger partial charge on any atom is -0.331 e. The first-order chi connectivity index (χ1) is 17.4. The van der Waals surface area contributed by atoms with E-state index in [0.29, 0.717) is 36.4 Å². The summed E-state index contributed by atoms with van der Waals surface area (Å²) in [5, 5.41) is 11.2. The highest BCUT2D eigenvalue weighted by Gasteiger charge is 2.12. The summed E-state index contributed by atoms with van der Waals surface area (Å²) in [5.74, 6) is -0.461. The Kier molecular flexibility index (Phi) is 8.16. The van der Waals surface area contributed by atoms with Gasteiger partial charge in [0.05, 0.1) is 16.3 Å². The molecule has 0 spiro atoms. The lowest BCUT2D eigenvalue weighted by molar-refractivity contribution is 0.262. The minimum absolute atomic E-state index is 0.0336. The van der Waals surface area contributed by atoms with Gasteiger partial charge in [-0.1, -0.05) is 24.3 Å². The molecular formula is C25H26FN7O2S. The molecule has 6 N–H and O–H groups in total. The molecule has 0 bridgehead atoms. The van der Waals surface area contributed by atoms with Gasteiger partial charge in [0.25, 0.3) is 5.56 Å². The molecule has 0 aliphatic rings. The van der Waals surface area contributed by atoms with Gasteiger partial charge in [0.15, 0.2) is 0 Å². The third-order valence-electron chi connectivity index (χ3n) is 5.30. The van der Waals surface area contributed by atoms with E-state index in [9.17, 15) is 14.0 Å². The smallest absolute Gasteiger partial charge is 0.326 e. The number of aromatic nitrogens is 3. The van der Waals surface area contributed by atoms with E-state index >= 15 is 0 Å². The molecule has 0 aliphatic heterocycles. The van der Waals surface area contributed by atoms with E-state index in [1.807, 2.05) is 24.4 Å². The van der Waals surface area contributed by atoms with Crippen LogP contribution in [0.2, 0.25) is 0 Å². The number of thiazole rings is 1. The van der Waals surface area contributed by atoms with Crippen molar-refractivity contribution in [3.8, 4) is 22.4 Å². The highest BCUT2D eigenvalue weighted by Crippen LogP contribution is 2.24. The Balaban J connectivity index is 1.40. The highest BCUT2D eigenvalue weighted by molar-refractivity contribution is 7.09. The van der Waals surface area contributed by atoms with E-state index < -0.39 is 17.4 Å². The van der Waals surface area contributed by atoms with Crippen LogP contribution in [-0.4, -0.2) is 34.1 Å². The number of hydrogen-bond donors (Lipinski definition) is 5. The van der Waals surface area contributed by atoms with Crippen molar-refractivity contribution in [3.05, 3.63) is 80.8 Å². The number of aromatic amines is 1. The number of nitrogens with zero attached hydrogens (tertiary/aromatic N) is 2. The van der Waals surface area contributed by atoms with Gasteiger partial charge in [-0.15, -0.1) is 11.3 Å². The molecular weight excluding hydrogens is 481 g/mol. The first-order valence-electron chi connectivity index (χ1n) is 11.3. The molecule has 9 nitrogen and oxygen atoms in total. The normalized spacial score (nSPS) is 10.9. The number of amides is 2. The Bertz CT molecular complexity index is 1420. The van der Waals surface area contributed by atoms with Gasteiger partial charge in [0.2, 0.25) is 5.95 Å². The molecule has 2 amide bonds. The van der Waals surface area contributed by atoms with Crippen molar-refractivity contribution in [2.45, 2.75) is 19.9 Å². The van der Waals surface area contributed by atoms with Crippen LogP contribution in [0.15, 0.2) is 58.8 Å². The Labute approximate surface area is 211 Å². The number of halogens is 1. The second-order valence-electron chi connectivity index (χ2n) is 8.00. The summed E-state index contributed by atoms with van der Waals surface area (Å²) < 4.78 is 14.5. The summed E-state index contributed by atoms with van der Waals surface area (Å²) in [5.41, 5.74) is 8.18. The largest absolute Gasteiger partial charge is 0.331 e. The first-order valence-corrected chi connectivity index (χ1v) is 12.2. The predicted molar refractivity (Wildman–Crippen MR) is 141 cm³/mol. The van der Waals surface area contributed by atoms with Gasteiger partial charge >= 0.3 is 6.03 Å². The van der Waals surface area contributed by atoms with E-state index in [2.05, 4.69) is 30.9 Å².